The van der Waals surface area contributed by atoms with Crippen molar-refractivity contribution in [1.82, 2.24) is 4.90 Å². The molecule has 2 rings (SSSR count). The van der Waals surface area contributed by atoms with Gasteiger partial charge in [-0.25, -0.2) is 0 Å². The molecule has 1 saturated carbocycles. The highest BCUT2D eigenvalue weighted by Crippen LogP contribution is 2.42. The van der Waals surface area contributed by atoms with Crippen LogP contribution >= 0.6 is 11.8 Å². The Morgan fingerprint density at radius 2 is 2.17 bits per heavy atom. The van der Waals surface area contributed by atoms with Crippen LogP contribution in [-0.2, 0) is 0 Å². The Kier molecular flexibility index (Phi) is 5.01. The van der Waals surface area contributed by atoms with Gasteiger partial charge in [-0.15, -0.1) is 0 Å². The first kappa shape index (κ1) is 14.7. The summed E-state index contributed by atoms with van der Waals surface area (Å²) in [5, 5.41) is 0.828. The van der Waals surface area contributed by atoms with Crippen LogP contribution in [0.1, 0.15) is 46.5 Å². The second-order valence-electron chi connectivity index (χ2n) is 6.44. The van der Waals surface area contributed by atoms with Gasteiger partial charge in [-0.1, -0.05) is 20.8 Å². The molecule has 2 nitrogen and oxygen atoms in total. The van der Waals surface area contributed by atoms with Crippen LogP contribution in [0.15, 0.2) is 0 Å². The maximum Gasteiger partial charge on any atom is 0.0358 e. The Morgan fingerprint density at radius 3 is 2.78 bits per heavy atom. The molecule has 4 atom stereocenters. The van der Waals surface area contributed by atoms with Gasteiger partial charge < -0.3 is 5.73 Å². The van der Waals surface area contributed by atoms with E-state index in [1.54, 1.807) is 0 Å². The molecule has 0 aromatic heterocycles. The summed E-state index contributed by atoms with van der Waals surface area (Å²) in [5.74, 6) is 2.94. The first-order valence-electron chi connectivity index (χ1n) is 7.69. The fourth-order valence-corrected chi connectivity index (χ4v) is 5.14. The van der Waals surface area contributed by atoms with Gasteiger partial charge in [0.25, 0.3) is 0 Å². The summed E-state index contributed by atoms with van der Waals surface area (Å²) in [4.78, 5) is 2.76. The summed E-state index contributed by atoms with van der Waals surface area (Å²) in [5.41, 5.74) is 6.55. The lowest BCUT2D eigenvalue weighted by molar-refractivity contribution is 0.00184. The Balaban J connectivity index is 2.11. The molecule has 0 aromatic rings. The Labute approximate surface area is 117 Å². The van der Waals surface area contributed by atoms with Crippen molar-refractivity contribution in [3.8, 4) is 0 Å². The molecule has 1 saturated heterocycles. The van der Waals surface area contributed by atoms with E-state index < -0.39 is 0 Å². The van der Waals surface area contributed by atoms with E-state index in [1.807, 2.05) is 0 Å². The molecule has 2 N–H and O–H groups in total. The molecule has 0 radical (unpaired) electrons. The molecule has 3 heteroatoms. The van der Waals surface area contributed by atoms with E-state index in [1.165, 1.54) is 44.5 Å². The van der Waals surface area contributed by atoms with Gasteiger partial charge >= 0.3 is 0 Å². The molecular weight excluding hydrogens is 240 g/mol. The lowest BCUT2D eigenvalue weighted by Crippen LogP contribution is -2.62. The van der Waals surface area contributed by atoms with E-state index in [4.69, 9.17) is 5.73 Å². The van der Waals surface area contributed by atoms with E-state index in [9.17, 15) is 0 Å². The van der Waals surface area contributed by atoms with Crippen LogP contribution in [0.3, 0.4) is 0 Å². The molecule has 18 heavy (non-hydrogen) atoms. The van der Waals surface area contributed by atoms with Crippen molar-refractivity contribution >= 4 is 11.8 Å². The second kappa shape index (κ2) is 6.15. The van der Waals surface area contributed by atoms with Crippen molar-refractivity contribution in [3.63, 3.8) is 0 Å². The van der Waals surface area contributed by atoms with Gasteiger partial charge in [-0.05, 0) is 37.5 Å². The molecule has 106 valence electrons. The minimum absolute atomic E-state index is 0.306. The zero-order valence-corrected chi connectivity index (χ0v) is 13.1. The third-order valence-electron chi connectivity index (χ3n) is 5.32. The Bertz CT molecular complexity index is 271. The topological polar surface area (TPSA) is 29.3 Å². The molecule has 2 fully saturated rings. The predicted molar refractivity (Wildman–Crippen MR) is 82.1 cm³/mol. The van der Waals surface area contributed by atoms with Crippen LogP contribution in [0.2, 0.25) is 0 Å². The van der Waals surface area contributed by atoms with Crippen LogP contribution in [0.4, 0.5) is 0 Å². The minimum Gasteiger partial charge on any atom is -0.329 e. The normalized spacial score (nSPS) is 43.0. The van der Waals surface area contributed by atoms with Crippen LogP contribution in [0.5, 0.6) is 0 Å². The zero-order chi connectivity index (χ0) is 13.2. The number of nitrogens with two attached hydrogens (primary N) is 1. The minimum atomic E-state index is 0.306. The van der Waals surface area contributed by atoms with E-state index in [2.05, 4.69) is 37.4 Å². The molecule has 2 aliphatic rings. The van der Waals surface area contributed by atoms with Crippen molar-refractivity contribution in [1.29, 1.82) is 0 Å². The Morgan fingerprint density at radius 1 is 1.39 bits per heavy atom. The fraction of sp³-hybridized carbons (Fsp3) is 1.00. The summed E-state index contributed by atoms with van der Waals surface area (Å²) in [6.07, 6.45) is 5.33. The lowest BCUT2D eigenvalue weighted by Gasteiger charge is -2.53. The number of rotatable bonds is 3. The summed E-state index contributed by atoms with van der Waals surface area (Å²) >= 11 is 2.16. The van der Waals surface area contributed by atoms with Gasteiger partial charge in [-0.3, -0.25) is 4.90 Å². The van der Waals surface area contributed by atoms with Gasteiger partial charge in [0, 0.05) is 36.2 Å². The largest absolute Gasteiger partial charge is 0.329 e. The molecule has 0 amide bonds. The molecule has 1 aliphatic heterocycles. The van der Waals surface area contributed by atoms with E-state index in [-0.39, 0.29) is 0 Å². The van der Waals surface area contributed by atoms with Gasteiger partial charge in [0.05, 0.1) is 0 Å². The van der Waals surface area contributed by atoms with Crippen LogP contribution < -0.4 is 5.73 Å². The standard InChI is InChI=1S/C15H30N2S/c1-4-14-10-17(7-8-18-14)15(11-16)6-5-12(2)9-13(15)3/h12-14H,4-11,16H2,1-3H3. The lowest BCUT2D eigenvalue weighted by atomic mass is 9.69. The summed E-state index contributed by atoms with van der Waals surface area (Å²) in [6.45, 7) is 10.5. The third-order valence-corrected chi connectivity index (χ3v) is 6.69. The van der Waals surface area contributed by atoms with E-state index in [0.717, 1.165) is 23.6 Å². The highest BCUT2D eigenvalue weighted by atomic mass is 32.2. The molecule has 1 aliphatic carbocycles. The molecule has 0 spiro atoms. The van der Waals surface area contributed by atoms with Crippen LogP contribution in [0, 0.1) is 11.8 Å². The molecule has 0 aromatic carbocycles. The van der Waals surface area contributed by atoms with Gasteiger partial charge in [0.15, 0.2) is 0 Å². The van der Waals surface area contributed by atoms with Crippen molar-refractivity contribution in [2.45, 2.75) is 57.2 Å². The predicted octanol–water partition coefficient (Wildman–Crippen LogP) is 2.97. The molecule has 4 unspecified atom stereocenters. The first-order valence-corrected chi connectivity index (χ1v) is 8.74. The smallest absolute Gasteiger partial charge is 0.0358 e. The maximum absolute atomic E-state index is 6.24. The molecule has 1 heterocycles. The van der Waals surface area contributed by atoms with Crippen molar-refractivity contribution in [2.24, 2.45) is 17.6 Å². The quantitative estimate of drug-likeness (QED) is 0.855. The van der Waals surface area contributed by atoms with Crippen LogP contribution in [-0.4, -0.2) is 41.1 Å². The summed E-state index contributed by atoms with van der Waals surface area (Å²) in [7, 11) is 0. The van der Waals surface area contributed by atoms with Crippen molar-refractivity contribution in [3.05, 3.63) is 0 Å². The first-order chi connectivity index (χ1) is 8.62. The number of nitrogens with zero attached hydrogens (tertiary/aromatic N) is 1. The van der Waals surface area contributed by atoms with Crippen molar-refractivity contribution < 1.29 is 0 Å². The molecule has 0 bridgehead atoms. The summed E-state index contributed by atoms with van der Waals surface area (Å²) < 4.78 is 0. The number of hydrogen-bond acceptors (Lipinski definition) is 3. The average Bonchev–Trinajstić information content (AvgIpc) is 2.39. The monoisotopic (exact) mass is 270 g/mol. The fourth-order valence-electron chi connectivity index (χ4n) is 3.96. The number of hydrogen-bond donors (Lipinski definition) is 1. The molecular formula is C15H30N2S. The Hall–Kier alpha value is 0.270. The van der Waals surface area contributed by atoms with Gasteiger partial charge in [0.1, 0.15) is 0 Å². The van der Waals surface area contributed by atoms with Gasteiger partial charge in [0.2, 0.25) is 0 Å². The zero-order valence-electron chi connectivity index (χ0n) is 12.3. The van der Waals surface area contributed by atoms with Gasteiger partial charge in [-0.2, -0.15) is 11.8 Å². The van der Waals surface area contributed by atoms with Crippen molar-refractivity contribution in [2.75, 3.05) is 25.4 Å². The second-order valence-corrected chi connectivity index (χ2v) is 7.84. The van der Waals surface area contributed by atoms with Crippen LogP contribution in [0.25, 0.3) is 0 Å². The highest BCUT2D eigenvalue weighted by molar-refractivity contribution is 8.00. The average molecular weight is 270 g/mol. The summed E-state index contributed by atoms with van der Waals surface area (Å²) in [6, 6.07) is 0. The maximum atomic E-state index is 6.24. The van der Waals surface area contributed by atoms with E-state index in [0.29, 0.717) is 5.54 Å². The third kappa shape index (κ3) is 2.73. The highest BCUT2D eigenvalue weighted by Gasteiger charge is 2.44. The van der Waals surface area contributed by atoms with E-state index >= 15 is 0 Å². The SMILES string of the molecule is CCC1CN(C2(CN)CCC(C)CC2C)CCS1. The number of thioether (sulfide) groups is 1.